The number of anilines is 1. The maximum atomic E-state index is 13.1. The number of carbonyl (C=O) groups is 2. The standard InChI is InChI=1S/C25H21ClN2O4S/c1-32-20-8-4-2-6-15(20)12-13-27-25(31)23-22(17-7-3-5-9-21(17)33-23)28-24(30)16-10-11-19(29)18(26)14-16/h2-11,14,29H,12-13H2,1H3,(H,27,31)(H,28,30). The van der Waals surface area contributed by atoms with Gasteiger partial charge in [-0.1, -0.05) is 48.0 Å². The van der Waals surface area contributed by atoms with E-state index in [0.717, 1.165) is 21.4 Å². The Balaban J connectivity index is 1.56. The lowest BCUT2D eigenvalue weighted by Gasteiger charge is -2.10. The van der Waals surface area contributed by atoms with E-state index in [-0.39, 0.29) is 22.2 Å². The van der Waals surface area contributed by atoms with Gasteiger partial charge in [-0.2, -0.15) is 0 Å². The van der Waals surface area contributed by atoms with Crippen molar-refractivity contribution in [3.05, 3.63) is 87.8 Å². The molecule has 8 heteroatoms. The van der Waals surface area contributed by atoms with Crippen LogP contribution in [0.3, 0.4) is 0 Å². The number of amides is 2. The van der Waals surface area contributed by atoms with Gasteiger partial charge in [-0.25, -0.2) is 0 Å². The summed E-state index contributed by atoms with van der Waals surface area (Å²) in [4.78, 5) is 26.3. The summed E-state index contributed by atoms with van der Waals surface area (Å²) in [6, 6.07) is 19.4. The van der Waals surface area contributed by atoms with Crippen molar-refractivity contribution in [3.63, 3.8) is 0 Å². The molecule has 0 aliphatic carbocycles. The Bertz CT molecular complexity index is 1340. The van der Waals surface area contributed by atoms with E-state index in [1.807, 2.05) is 48.5 Å². The zero-order valence-corrected chi connectivity index (χ0v) is 19.3. The number of hydrogen-bond acceptors (Lipinski definition) is 5. The summed E-state index contributed by atoms with van der Waals surface area (Å²) < 4.78 is 6.25. The first-order valence-corrected chi connectivity index (χ1v) is 11.4. The van der Waals surface area contributed by atoms with Gasteiger partial charge in [0.2, 0.25) is 0 Å². The molecule has 3 aromatic carbocycles. The van der Waals surface area contributed by atoms with Gasteiger partial charge in [-0.3, -0.25) is 9.59 Å². The molecule has 1 aromatic heterocycles. The number of hydrogen-bond donors (Lipinski definition) is 3. The molecule has 0 unspecified atom stereocenters. The van der Waals surface area contributed by atoms with Crippen molar-refractivity contribution in [2.45, 2.75) is 6.42 Å². The third-order valence-electron chi connectivity index (χ3n) is 5.12. The van der Waals surface area contributed by atoms with E-state index in [2.05, 4.69) is 10.6 Å². The summed E-state index contributed by atoms with van der Waals surface area (Å²) >= 11 is 7.26. The molecule has 2 amide bonds. The topological polar surface area (TPSA) is 87.7 Å². The molecular formula is C25H21ClN2O4S. The maximum absolute atomic E-state index is 13.1. The molecular weight excluding hydrogens is 460 g/mol. The zero-order chi connectivity index (χ0) is 23.4. The highest BCUT2D eigenvalue weighted by Crippen LogP contribution is 2.36. The van der Waals surface area contributed by atoms with Crippen LogP contribution in [0.4, 0.5) is 5.69 Å². The molecule has 0 atom stereocenters. The number of halogens is 1. The smallest absolute Gasteiger partial charge is 0.263 e. The van der Waals surface area contributed by atoms with Crippen molar-refractivity contribution in [1.82, 2.24) is 5.32 Å². The minimum absolute atomic E-state index is 0.0760. The molecule has 4 aromatic rings. The van der Waals surface area contributed by atoms with Crippen LogP contribution in [0.2, 0.25) is 5.02 Å². The lowest BCUT2D eigenvalue weighted by atomic mass is 10.1. The molecule has 0 aliphatic heterocycles. The third-order valence-corrected chi connectivity index (χ3v) is 6.59. The summed E-state index contributed by atoms with van der Waals surface area (Å²) in [5.41, 5.74) is 1.71. The van der Waals surface area contributed by atoms with Crippen LogP contribution in [0.25, 0.3) is 10.1 Å². The van der Waals surface area contributed by atoms with E-state index < -0.39 is 5.91 Å². The zero-order valence-electron chi connectivity index (χ0n) is 17.7. The first-order valence-electron chi connectivity index (χ1n) is 10.2. The second-order valence-electron chi connectivity index (χ2n) is 7.24. The number of thiophene rings is 1. The van der Waals surface area contributed by atoms with E-state index >= 15 is 0 Å². The van der Waals surface area contributed by atoms with Crippen molar-refractivity contribution < 1.29 is 19.4 Å². The van der Waals surface area contributed by atoms with Gasteiger partial charge < -0.3 is 20.5 Å². The van der Waals surface area contributed by atoms with Crippen molar-refractivity contribution in [3.8, 4) is 11.5 Å². The van der Waals surface area contributed by atoms with Gasteiger partial charge in [0, 0.05) is 22.2 Å². The van der Waals surface area contributed by atoms with E-state index in [9.17, 15) is 14.7 Å². The van der Waals surface area contributed by atoms with Crippen LogP contribution in [-0.4, -0.2) is 30.6 Å². The van der Waals surface area contributed by atoms with Crippen LogP contribution in [0, 0.1) is 0 Å². The van der Waals surface area contributed by atoms with E-state index in [1.54, 1.807) is 7.11 Å². The quantitative estimate of drug-likeness (QED) is 0.326. The van der Waals surface area contributed by atoms with Gasteiger partial charge in [0.1, 0.15) is 16.4 Å². The Kier molecular flexibility index (Phi) is 6.82. The van der Waals surface area contributed by atoms with Crippen LogP contribution in [-0.2, 0) is 6.42 Å². The fourth-order valence-electron chi connectivity index (χ4n) is 3.46. The number of nitrogens with one attached hydrogen (secondary N) is 2. The van der Waals surface area contributed by atoms with Crippen LogP contribution in [0.1, 0.15) is 25.6 Å². The molecule has 6 nitrogen and oxygen atoms in total. The molecule has 3 N–H and O–H groups in total. The van der Waals surface area contributed by atoms with Gasteiger partial charge in [0.15, 0.2) is 0 Å². The van der Waals surface area contributed by atoms with Gasteiger partial charge in [-0.15, -0.1) is 11.3 Å². The lowest BCUT2D eigenvalue weighted by molar-refractivity contribution is 0.0959. The summed E-state index contributed by atoms with van der Waals surface area (Å²) in [6.07, 6.45) is 0.606. The second-order valence-corrected chi connectivity index (χ2v) is 8.70. The molecule has 4 rings (SSSR count). The minimum Gasteiger partial charge on any atom is -0.506 e. The summed E-state index contributed by atoms with van der Waals surface area (Å²) in [7, 11) is 1.62. The number of phenols is 1. The average Bonchev–Trinajstić information content (AvgIpc) is 3.19. The van der Waals surface area contributed by atoms with E-state index in [1.165, 1.54) is 29.5 Å². The van der Waals surface area contributed by atoms with Crippen LogP contribution in [0.15, 0.2) is 66.7 Å². The molecule has 0 saturated heterocycles. The van der Waals surface area contributed by atoms with Crippen LogP contribution < -0.4 is 15.4 Å². The normalized spacial score (nSPS) is 10.7. The Morgan fingerprint density at radius 3 is 2.58 bits per heavy atom. The lowest BCUT2D eigenvalue weighted by Crippen LogP contribution is -2.26. The number of para-hydroxylation sites is 1. The van der Waals surface area contributed by atoms with Crippen LogP contribution in [0.5, 0.6) is 11.5 Å². The van der Waals surface area contributed by atoms with Crippen LogP contribution >= 0.6 is 22.9 Å². The van der Waals surface area contributed by atoms with Gasteiger partial charge >= 0.3 is 0 Å². The highest BCUT2D eigenvalue weighted by molar-refractivity contribution is 7.21. The molecule has 168 valence electrons. The largest absolute Gasteiger partial charge is 0.506 e. The molecule has 33 heavy (non-hydrogen) atoms. The fourth-order valence-corrected chi connectivity index (χ4v) is 4.72. The highest BCUT2D eigenvalue weighted by atomic mass is 35.5. The first-order chi connectivity index (χ1) is 16.0. The van der Waals surface area contributed by atoms with Gasteiger partial charge in [0.05, 0.1) is 17.8 Å². The minimum atomic E-state index is -0.427. The molecule has 0 radical (unpaired) electrons. The Morgan fingerprint density at radius 1 is 1.03 bits per heavy atom. The second kappa shape index (κ2) is 9.94. The van der Waals surface area contributed by atoms with Crippen molar-refractivity contribution in [2.24, 2.45) is 0 Å². The highest BCUT2D eigenvalue weighted by Gasteiger charge is 2.21. The van der Waals surface area contributed by atoms with Crippen molar-refractivity contribution >= 4 is 50.5 Å². The molecule has 0 saturated carbocycles. The fraction of sp³-hybridized carbons (Fsp3) is 0.120. The van der Waals surface area contributed by atoms with E-state index in [4.69, 9.17) is 16.3 Å². The van der Waals surface area contributed by atoms with E-state index in [0.29, 0.717) is 23.5 Å². The number of ether oxygens (including phenoxy) is 1. The molecule has 1 heterocycles. The molecule has 0 spiro atoms. The number of methoxy groups -OCH3 is 1. The maximum Gasteiger partial charge on any atom is 0.263 e. The number of phenolic OH excluding ortho intramolecular Hbond substituents is 1. The first kappa shape index (κ1) is 22.6. The summed E-state index contributed by atoms with van der Waals surface area (Å²) in [6.45, 7) is 0.411. The number of rotatable bonds is 7. The Morgan fingerprint density at radius 2 is 1.79 bits per heavy atom. The van der Waals surface area contributed by atoms with Crippen molar-refractivity contribution in [1.29, 1.82) is 0 Å². The summed E-state index contributed by atoms with van der Waals surface area (Å²) in [5, 5.41) is 16.3. The van der Waals surface area contributed by atoms with Crippen molar-refractivity contribution in [2.75, 3.05) is 19.0 Å². The molecule has 0 fully saturated rings. The van der Waals surface area contributed by atoms with Gasteiger partial charge in [0.25, 0.3) is 11.8 Å². The third kappa shape index (κ3) is 4.94. The summed E-state index contributed by atoms with van der Waals surface area (Å²) in [5.74, 6) is -0.0351. The average molecular weight is 481 g/mol. The van der Waals surface area contributed by atoms with Gasteiger partial charge in [-0.05, 0) is 42.3 Å². The SMILES string of the molecule is COc1ccccc1CCNC(=O)c1sc2ccccc2c1NC(=O)c1ccc(O)c(Cl)c1. The monoisotopic (exact) mass is 480 g/mol. The number of carbonyl (C=O) groups excluding carboxylic acids is 2. The predicted molar refractivity (Wildman–Crippen MR) is 132 cm³/mol. The number of aromatic hydroxyl groups is 1. The Labute approximate surface area is 199 Å². The molecule has 0 aliphatic rings. The predicted octanol–water partition coefficient (Wildman–Crippen LogP) is 5.49. The number of fused-ring (bicyclic) bond motifs is 1. The number of benzene rings is 3. The Hall–Kier alpha value is -3.55. The molecule has 0 bridgehead atoms.